The molecule has 1 unspecified atom stereocenters. The average Bonchev–Trinajstić information content (AvgIpc) is 2.56. The SMILES string of the molecule is CC(C)CC(C)(C(=O)OCCCCCC(=O)n1ccc(=S)[nH]c1=O)C(C)C. The summed E-state index contributed by atoms with van der Waals surface area (Å²) in [6, 6.07) is 1.51. The summed E-state index contributed by atoms with van der Waals surface area (Å²) in [6.45, 7) is 10.6. The van der Waals surface area contributed by atoms with Gasteiger partial charge in [0.05, 0.1) is 12.0 Å². The molecular weight excluding hydrogens is 364 g/mol. The standard InChI is InChI=1S/C20H32N2O4S/c1-14(2)13-20(5,15(3)4)18(24)26-12-8-6-7-9-17(23)22-11-10-16(27)21-19(22)25/h10-11,14-15H,6-9,12-13H2,1-5H3,(H,21,25,27). The van der Waals surface area contributed by atoms with Gasteiger partial charge in [-0.1, -0.05) is 39.9 Å². The number of nitrogens with one attached hydrogen (secondary N) is 1. The third-order valence-corrected chi connectivity index (χ3v) is 5.17. The number of hydrogen-bond acceptors (Lipinski definition) is 5. The Morgan fingerprint density at radius 1 is 1.22 bits per heavy atom. The Bertz CT molecular complexity index is 751. The first-order chi connectivity index (χ1) is 12.6. The number of carbonyl (C=O) groups is 2. The van der Waals surface area contributed by atoms with Crippen molar-refractivity contribution in [2.24, 2.45) is 17.3 Å². The molecule has 1 N–H and O–H groups in total. The van der Waals surface area contributed by atoms with Crippen molar-refractivity contribution >= 4 is 24.1 Å². The van der Waals surface area contributed by atoms with Crippen LogP contribution in [0.4, 0.5) is 0 Å². The smallest absolute Gasteiger partial charge is 0.333 e. The minimum absolute atomic E-state index is 0.145. The van der Waals surface area contributed by atoms with Gasteiger partial charge in [0.1, 0.15) is 4.64 Å². The molecule has 7 heteroatoms. The Morgan fingerprint density at radius 3 is 2.44 bits per heavy atom. The molecule has 6 nitrogen and oxygen atoms in total. The lowest BCUT2D eigenvalue weighted by atomic mass is 9.73. The fourth-order valence-electron chi connectivity index (χ4n) is 3.02. The van der Waals surface area contributed by atoms with E-state index in [2.05, 4.69) is 18.8 Å². The lowest BCUT2D eigenvalue weighted by Crippen LogP contribution is -2.36. The normalized spacial score (nSPS) is 13.6. The average molecular weight is 397 g/mol. The molecule has 1 atom stereocenters. The van der Waals surface area contributed by atoms with Gasteiger partial charge in [0.2, 0.25) is 5.91 Å². The zero-order valence-electron chi connectivity index (χ0n) is 17.0. The van der Waals surface area contributed by atoms with Gasteiger partial charge in [-0.15, -0.1) is 0 Å². The van der Waals surface area contributed by atoms with Gasteiger partial charge in [-0.2, -0.15) is 0 Å². The third kappa shape index (κ3) is 7.05. The largest absolute Gasteiger partial charge is 0.465 e. The van der Waals surface area contributed by atoms with Gasteiger partial charge in [0.15, 0.2) is 0 Å². The Kier molecular flexibility index (Phi) is 9.09. The van der Waals surface area contributed by atoms with E-state index in [4.69, 9.17) is 17.0 Å². The lowest BCUT2D eigenvalue weighted by Gasteiger charge is -2.32. The summed E-state index contributed by atoms with van der Waals surface area (Å²) in [5, 5.41) is 0. The number of esters is 1. The Morgan fingerprint density at radius 2 is 1.89 bits per heavy atom. The van der Waals surface area contributed by atoms with Crippen molar-refractivity contribution in [3.63, 3.8) is 0 Å². The van der Waals surface area contributed by atoms with E-state index >= 15 is 0 Å². The summed E-state index contributed by atoms with van der Waals surface area (Å²) >= 11 is 4.85. The van der Waals surface area contributed by atoms with Crippen molar-refractivity contribution in [3.05, 3.63) is 27.4 Å². The number of ether oxygens (including phenoxy) is 1. The first-order valence-corrected chi connectivity index (χ1v) is 10.0. The van der Waals surface area contributed by atoms with Crippen LogP contribution < -0.4 is 5.69 Å². The molecule has 1 rings (SSSR count). The summed E-state index contributed by atoms with van der Waals surface area (Å²) in [7, 11) is 0. The minimum atomic E-state index is -0.514. The van der Waals surface area contributed by atoms with Crippen LogP contribution in [0.2, 0.25) is 0 Å². The fraction of sp³-hybridized carbons (Fsp3) is 0.700. The number of unbranched alkanes of at least 4 members (excludes halogenated alkanes) is 2. The van der Waals surface area contributed by atoms with Crippen LogP contribution >= 0.6 is 12.2 Å². The van der Waals surface area contributed by atoms with Gasteiger partial charge in [0.25, 0.3) is 0 Å². The topological polar surface area (TPSA) is 81.2 Å². The van der Waals surface area contributed by atoms with E-state index in [1.54, 1.807) is 0 Å². The highest BCUT2D eigenvalue weighted by Gasteiger charge is 2.38. The molecular formula is C20H32N2O4S. The lowest BCUT2D eigenvalue weighted by molar-refractivity contribution is -0.159. The second-order valence-electron chi connectivity index (χ2n) is 7.99. The van der Waals surface area contributed by atoms with Crippen LogP contribution in [-0.4, -0.2) is 28.0 Å². The molecule has 0 aliphatic heterocycles. The number of H-pyrrole nitrogens is 1. The summed E-state index contributed by atoms with van der Waals surface area (Å²) < 4.78 is 6.84. The molecule has 0 fully saturated rings. The first-order valence-electron chi connectivity index (χ1n) is 9.60. The van der Waals surface area contributed by atoms with E-state index in [0.717, 1.165) is 17.4 Å². The molecule has 0 aliphatic rings. The quantitative estimate of drug-likeness (QED) is 0.361. The third-order valence-electron chi connectivity index (χ3n) is 4.93. The molecule has 1 aromatic rings. The van der Waals surface area contributed by atoms with Gasteiger partial charge in [-0.3, -0.25) is 14.6 Å². The van der Waals surface area contributed by atoms with Crippen LogP contribution in [0.15, 0.2) is 17.1 Å². The van der Waals surface area contributed by atoms with Gasteiger partial charge >= 0.3 is 11.7 Å². The fourth-order valence-corrected chi connectivity index (χ4v) is 3.17. The molecule has 0 saturated carbocycles. The van der Waals surface area contributed by atoms with Crippen molar-refractivity contribution in [1.82, 2.24) is 9.55 Å². The van der Waals surface area contributed by atoms with Crippen LogP contribution in [0.25, 0.3) is 0 Å². The van der Waals surface area contributed by atoms with Crippen LogP contribution in [0.3, 0.4) is 0 Å². The highest BCUT2D eigenvalue weighted by molar-refractivity contribution is 7.71. The number of carbonyl (C=O) groups excluding carboxylic acids is 2. The predicted molar refractivity (Wildman–Crippen MR) is 108 cm³/mol. The summed E-state index contributed by atoms with van der Waals surface area (Å²) in [4.78, 5) is 38.7. The van der Waals surface area contributed by atoms with E-state index in [0.29, 0.717) is 30.0 Å². The molecule has 1 heterocycles. The second kappa shape index (κ2) is 10.5. The van der Waals surface area contributed by atoms with Crippen molar-refractivity contribution in [2.75, 3.05) is 6.61 Å². The van der Waals surface area contributed by atoms with E-state index < -0.39 is 11.1 Å². The van der Waals surface area contributed by atoms with Crippen LogP contribution in [0.1, 0.15) is 71.5 Å². The molecule has 0 amide bonds. The molecule has 152 valence electrons. The number of hydrogen-bond donors (Lipinski definition) is 1. The van der Waals surface area contributed by atoms with Gasteiger partial charge in [-0.05, 0) is 50.5 Å². The number of aromatic amines is 1. The van der Waals surface area contributed by atoms with Crippen LogP contribution in [0.5, 0.6) is 0 Å². The van der Waals surface area contributed by atoms with Gasteiger partial charge in [-0.25, -0.2) is 9.36 Å². The first kappa shape index (κ1) is 23.3. The maximum Gasteiger partial charge on any atom is 0.333 e. The van der Waals surface area contributed by atoms with E-state index in [-0.39, 0.29) is 24.2 Å². The predicted octanol–water partition coefficient (Wildman–Crippen LogP) is 4.36. The molecule has 0 spiro atoms. The van der Waals surface area contributed by atoms with Gasteiger partial charge in [0, 0.05) is 12.6 Å². The molecule has 0 aromatic carbocycles. The number of rotatable bonds is 10. The number of aromatic nitrogens is 2. The molecule has 0 radical (unpaired) electrons. The zero-order chi connectivity index (χ0) is 20.6. The molecule has 0 aliphatic carbocycles. The van der Waals surface area contributed by atoms with Crippen LogP contribution in [0, 0.1) is 21.9 Å². The molecule has 0 bridgehead atoms. The minimum Gasteiger partial charge on any atom is -0.465 e. The van der Waals surface area contributed by atoms with E-state index in [9.17, 15) is 14.4 Å². The zero-order valence-corrected chi connectivity index (χ0v) is 17.9. The Hall–Kier alpha value is -1.76. The summed E-state index contributed by atoms with van der Waals surface area (Å²) in [5.41, 5.74) is -0.988. The van der Waals surface area contributed by atoms with Crippen molar-refractivity contribution in [1.29, 1.82) is 0 Å². The maximum absolute atomic E-state index is 12.5. The van der Waals surface area contributed by atoms with E-state index in [1.807, 2.05) is 20.8 Å². The monoisotopic (exact) mass is 396 g/mol. The highest BCUT2D eigenvalue weighted by Crippen LogP contribution is 2.35. The van der Waals surface area contributed by atoms with Gasteiger partial charge < -0.3 is 4.74 Å². The molecule has 1 aromatic heterocycles. The summed E-state index contributed by atoms with van der Waals surface area (Å²) in [6.07, 6.45) is 4.53. The molecule has 27 heavy (non-hydrogen) atoms. The highest BCUT2D eigenvalue weighted by atomic mass is 32.1. The second-order valence-corrected chi connectivity index (χ2v) is 8.43. The van der Waals surface area contributed by atoms with Crippen LogP contribution in [-0.2, 0) is 9.53 Å². The van der Waals surface area contributed by atoms with E-state index in [1.165, 1.54) is 12.3 Å². The number of nitrogens with zero attached hydrogens (tertiary/aromatic N) is 1. The Labute approximate surface area is 166 Å². The van der Waals surface area contributed by atoms with Crippen molar-refractivity contribution in [2.45, 2.75) is 66.7 Å². The van der Waals surface area contributed by atoms with Crippen molar-refractivity contribution < 1.29 is 14.3 Å². The Balaban J connectivity index is 2.37. The summed E-state index contributed by atoms with van der Waals surface area (Å²) in [5.74, 6) is 0.217. The molecule has 0 saturated heterocycles. The van der Waals surface area contributed by atoms with Crippen molar-refractivity contribution in [3.8, 4) is 0 Å². The maximum atomic E-state index is 12.5.